The summed E-state index contributed by atoms with van der Waals surface area (Å²) in [5.74, 6) is 1.45. The first-order valence-corrected chi connectivity index (χ1v) is 11.7. The zero-order chi connectivity index (χ0) is 20.2. The van der Waals surface area contributed by atoms with E-state index in [0.29, 0.717) is 5.92 Å². The molecule has 0 aliphatic carbocycles. The fourth-order valence-electron chi connectivity index (χ4n) is 4.73. The molecule has 28 heavy (non-hydrogen) atoms. The summed E-state index contributed by atoms with van der Waals surface area (Å²) in [6.07, 6.45) is 9.65. The van der Waals surface area contributed by atoms with Gasteiger partial charge in [-0.3, -0.25) is 9.89 Å². The fraction of sp³-hybridized carbons (Fsp3) is 0.955. The third kappa shape index (κ3) is 7.20. The van der Waals surface area contributed by atoms with Crippen LogP contribution in [0, 0.1) is 5.92 Å². The average Bonchev–Trinajstić information content (AvgIpc) is 2.72. The fourth-order valence-corrected chi connectivity index (χ4v) is 4.73. The molecular weight excluding hydrogens is 350 g/mol. The Hall–Kier alpha value is -0.850. The normalized spacial score (nSPS) is 22.8. The maximum absolute atomic E-state index is 9.32. The molecule has 0 saturated carbocycles. The minimum Gasteiger partial charge on any atom is -0.396 e. The Morgan fingerprint density at radius 1 is 1.04 bits per heavy atom. The highest BCUT2D eigenvalue weighted by atomic mass is 16.3. The van der Waals surface area contributed by atoms with E-state index < -0.39 is 0 Å². The highest BCUT2D eigenvalue weighted by Crippen LogP contribution is 2.31. The minimum atomic E-state index is 0.225. The molecule has 0 bridgehead atoms. The van der Waals surface area contributed by atoms with Crippen LogP contribution in [0.15, 0.2) is 4.99 Å². The number of guanidine groups is 1. The lowest BCUT2D eigenvalue weighted by Gasteiger charge is -2.49. The molecule has 0 radical (unpaired) electrons. The molecule has 6 heteroatoms. The monoisotopic (exact) mass is 395 g/mol. The molecule has 0 aromatic heterocycles. The number of aliphatic hydroxyl groups excluding tert-OH is 1. The largest absolute Gasteiger partial charge is 0.396 e. The van der Waals surface area contributed by atoms with Gasteiger partial charge in [-0.25, -0.2) is 0 Å². The molecule has 0 spiro atoms. The number of likely N-dealkylation sites (tertiary alicyclic amines) is 2. The Balaban J connectivity index is 2.03. The molecule has 2 aliphatic heterocycles. The first-order chi connectivity index (χ1) is 13.6. The first kappa shape index (κ1) is 23.4. The molecule has 2 heterocycles. The maximum atomic E-state index is 9.32. The Bertz CT molecular complexity index is 436. The van der Waals surface area contributed by atoms with Crippen LogP contribution in [0.25, 0.3) is 0 Å². The number of nitrogens with one attached hydrogen (secondary N) is 2. The molecule has 0 aromatic rings. The lowest BCUT2D eigenvalue weighted by Crippen LogP contribution is -2.58. The summed E-state index contributed by atoms with van der Waals surface area (Å²) < 4.78 is 0. The third-order valence-corrected chi connectivity index (χ3v) is 6.61. The summed E-state index contributed by atoms with van der Waals surface area (Å²) in [4.78, 5) is 10.3. The number of aliphatic imine (C=N–C) groups is 1. The maximum Gasteiger partial charge on any atom is 0.191 e. The molecule has 6 nitrogen and oxygen atoms in total. The van der Waals surface area contributed by atoms with Gasteiger partial charge in [-0.2, -0.15) is 0 Å². The van der Waals surface area contributed by atoms with Gasteiger partial charge in [0.15, 0.2) is 5.96 Å². The predicted molar refractivity (Wildman–Crippen MR) is 119 cm³/mol. The standard InChI is InChI=1S/C22H45N5O/c1-4-9-20(10-17-28)18-24-21(23-5-2)25-19-22(11-15-26(3)16-12-22)27-13-7-6-8-14-27/h20,28H,4-19H2,1-3H3,(H2,23,24,25). The SMILES string of the molecule is CCCC(CCO)CNC(=NCC1(N2CCCCC2)CCN(C)CC1)NCC. The molecule has 1 unspecified atom stereocenters. The number of piperidine rings is 2. The van der Waals surface area contributed by atoms with E-state index in [0.717, 1.165) is 44.9 Å². The van der Waals surface area contributed by atoms with Crippen molar-refractivity contribution < 1.29 is 5.11 Å². The highest BCUT2D eigenvalue weighted by Gasteiger charge is 2.39. The second-order valence-electron chi connectivity index (χ2n) is 8.82. The van der Waals surface area contributed by atoms with Crippen LogP contribution in [-0.2, 0) is 0 Å². The van der Waals surface area contributed by atoms with Gasteiger partial charge >= 0.3 is 0 Å². The smallest absolute Gasteiger partial charge is 0.191 e. The van der Waals surface area contributed by atoms with Crippen LogP contribution >= 0.6 is 0 Å². The summed E-state index contributed by atoms with van der Waals surface area (Å²) in [5.41, 5.74) is 0.225. The Kier molecular flexibility index (Phi) is 10.6. The van der Waals surface area contributed by atoms with E-state index in [1.165, 1.54) is 58.3 Å². The first-order valence-electron chi connectivity index (χ1n) is 11.7. The van der Waals surface area contributed by atoms with Crippen molar-refractivity contribution in [2.24, 2.45) is 10.9 Å². The van der Waals surface area contributed by atoms with Crippen molar-refractivity contribution in [3.63, 3.8) is 0 Å². The second-order valence-corrected chi connectivity index (χ2v) is 8.82. The number of hydrogen-bond donors (Lipinski definition) is 3. The quantitative estimate of drug-likeness (QED) is 0.391. The average molecular weight is 396 g/mol. The molecule has 164 valence electrons. The Morgan fingerprint density at radius 2 is 1.75 bits per heavy atom. The lowest BCUT2D eigenvalue weighted by atomic mass is 9.84. The zero-order valence-electron chi connectivity index (χ0n) is 18.7. The van der Waals surface area contributed by atoms with Crippen molar-refractivity contribution in [1.29, 1.82) is 0 Å². The van der Waals surface area contributed by atoms with Gasteiger partial charge in [0.25, 0.3) is 0 Å². The van der Waals surface area contributed by atoms with Crippen molar-refractivity contribution >= 4 is 5.96 Å². The zero-order valence-corrected chi connectivity index (χ0v) is 18.7. The molecule has 0 amide bonds. The molecule has 0 aromatic carbocycles. The Morgan fingerprint density at radius 3 is 2.36 bits per heavy atom. The van der Waals surface area contributed by atoms with E-state index in [1.807, 2.05) is 0 Å². The van der Waals surface area contributed by atoms with Crippen molar-refractivity contribution in [3.05, 3.63) is 0 Å². The summed E-state index contributed by atoms with van der Waals surface area (Å²) in [6.45, 7) is 12.1. The Labute approximate surface area is 173 Å². The number of aliphatic hydroxyl groups is 1. The van der Waals surface area contributed by atoms with Gasteiger partial charge in [0, 0.05) is 25.2 Å². The molecule has 1 atom stereocenters. The molecule has 2 fully saturated rings. The van der Waals surface area contributed by atoms with Gasteiger partial charge in [-0.1, -0.05) is 19.8 Å². The number of rotatable bonds is 10. The molecule has 3 N–H and O–H groups in total. The van der Waals surface area contributed by atoms with E-state index in [1.54, 1.807) is 0 Å². The minimum absolute atomic E-state index is 0.225. The van der Waals surface area contributed by atoms with Crippen molar-refractivity contribution in [2.45, 2.75) is 70.8 Å². The second kappa shape index (κ2) is 12.7. The van der Waals surface area contributed by atoms with E-state index in [4.69, 9.17) is 4.99 Å². The van der Waals surface area contributed by atoms with Crippen LogP contribution in [0.1, 0.15) is 65.2 Å². The van der Waals surface area contributed by atoms with E-state index >= 15 is 0 Å². The van der Waals surface area contributed by atoms with Crippen LogP contribution in [0.4, 0.5) is 0 Å². The van der Waals surface area contributed by atoms with Gasteiger partial charge in [-0.15, -0.1) is 0 Å². The van der Waals surface area contributed by atoms with E-state index in [9.17, 15) is 5.11 Å². The molecule has 2 saturated heterocycles. The van der Waals surface area contributed by atoms with Gasteiger partial charge < -0.3 is 20.6 Å². The number of hydrogen-bond acceptors (Lipinski definition) is 4. The summed E-state index contributed by atoms with van der Waals surface area (Å²) in [5, 5.41) is 16.3. The topological polar surface area (TPSA) is 63.1 Å². The van der Waals surface area contributed by atoms with Gasteiger partial charge in [-0.05, 0) is 84.6 Å². The van der Waals surface area contributed by atoms with E-state index in [2.05, 4.69) is 41.3 Å². The number of nitrogens with zero attached hydrogens (tertiary/aromatic N) is 3. The van der Waals surface area contributed by atoms with Gasteiger partial charge in [0.2, 0.25) is 0 Å². The van der Waals surface area contributed by atoms with Crippen molar-refractivity contribution in [3.8, 4) is 0 Å². The highest BCUT2D eigenvalue weighted by molar-refractivity contribution is 5.79. The van der Waals surface area contributed by atoms with Gasteiger partial charge in [0.1, 0.15) is 0 Å². The van der Waals surface area contributed by atoms with Crippen LogP contribution in [0.3, 0.4) is 0 Å². The molecule has 2 rings (SSSR count). The molecular formula is C22H45N5O. The predicted octanol–water partition coefficient (Wildman–Crippen LogP) is 2.29. The summed E-state index contributed by atoms with van der Waals surface area (Å²) in [7, 11) is 2.24. The molecule has 2 aliphatic rings. The third-order valence-electron chi connectivity index (χ3n) is 6.61. The van der Waals surface area contributed by atoms with Crippen LogP contribution < -0.4 is 10.6 Å². The lowest BCUT2D eigenvalue weighted by molar-refractivity contribution is 0.0208. The van der Waals surface area contributed by atoms with Crippen LogP contribution in [0.2, 0.25) is 0 Å². The van der Waals surface area contributed by atoms with Crippen LogP contribution in [0.5, 0.6) is 0 Å². The van der Waals surface area contributed by atoms with Gasteiger partial charge in [0.05, 0.1) is 6.54 Å². The van der Waals surface area contributed by atoms with Crippen molar-refractivity contribution in [1.82, 2.24) is 20.4 Å². The summed E-state index contributed by atoms with van der Waals surface area (Å²) in [6, 6.07) is 0. The van der Waals surface area contributed by atoms with E-state index in [-0.39, 0.29) is 12.1 Å². The summed E-state index contributed by atoms with van der Waals surface area (Å²) >= 11 is 0. The van der Waals surface area contributed by atoms with Crippen LogP contribution in [-0.4, -0.2) is 85.9 Å². The van der Waals surface area contributed by atoms with Crippen molar-refractivity contribution in [2.75, 3.05) is 59.5 Å².